The number of anilines is 1. The van der Waals surface area contributed by atoms with Crippen molar-refractivity contribution >= 4 is 21.9 Å². The van der Waals surface area contributed by atoms with Gasteiger partial charge in [0.2, 0.25) is 11.8 Å². The smallest absolute Gasteiger partial charge is 0.226 e. The molecule has 5 nitrogen and oxygen atoms in total. The fraction of sp³-hybridized carbons (Fsp3) is 0.231. The lowest BCUT2D eigenvalue weighted by Gasteiger charge is -2.09. The Morgan fingerprint density at radius 2 is 2.05 bits per heavy atom. The lowest BCUT2D eigenvalue weighted by molar-refractivity contribution is 0.397. The van der Waals surface area contributed by atoms with Crippen LogP contribution in [0.1, 0.15) is 5.56 Å². The number of nitrogens with zero attached hydrogens (tertiary/aromatic N) is 2. The standard InChI is InChI=1S/C13H14BrN3O2/c1-18-10-3-4-11(14)9(7-10)8-16-13-15-6-5-12(17-13)19-2/h3-7H,8H2,1-2H3,(H,15,16,17). The molecule has 0 saturated heterocycles. The van der Waals surface area contributed by atoms with Crippen LogP contribution in [0, 0.1) is 0 Å². The van der Waals surface area contributed by atoms with E-state index < -0.39 is 0 Å². The SMILES string of the molecule is COc1ccc(Br)c(CNc2nccc(OC)n2)c1. The molecule has 0 spiro atoms. The highest BCUT2D eigenvalue weighted by Crippen LogP contribution is 2.23. The molecule has 1 heterocycles. The Morgan fingerprint density at radius 3 is 2.79 bits per heavy atom. The van der Waals surface area contributed by atoms with Crippen LogP contribution >= 0.6 is 15.9 Å². The maximum absolute atomic E-state index is 5.20. The molecule has 6 heteroatoms. The fourth-order valence-corrected chi connectivity index (χ4v) is 1.92. The number of benzene rings is 1. The first-order valence-electron chi connectivity index (χ1n) is 5.66. The molecule has 0 bridgehead atoms. The van der Waals surface area contributed by atoms with E-state index in [1.807, 2.05) is 18.2 Å². The van der Waals surface area contributed by atoms with E-state index in [9.17, 15) is 0 Å². The predicted molar refractivity (Wildman–Crippen MR) is 76.6 cm³/mol. The summed E-state index contributed by atoms with van der Waals surface area (Å²) in [6.07, 6.45) is 1.65. The molecule has 0 aliphatic rings. The van der Waals surface area contributed by atoms with Crippen LogP contribution < -0.4 is 14.8 Å². The quantitative estimate of drug-likeness (QED) is 0.916. The first kappa shape index (κ1) is 13.6. The van der Waals surface area contributed by atoms with E-state index >= 15 is 0 Å². The number of nitrogens with one attached hydrogen (secondary N) is 1. The highest BCUT2D eigenvalue weighted by atomic mass is 79.9. The summed E-state index contributed by atoms with van der Waals surface area (Å²) in [5.41, 5.74) is 1.06. The second kappa shape index (κ2) is 6.38. The minimum atomic E-state index is 0.522. The zero-order chi connectivity index (χ0) is 13.7. The molecule has 0 amide bonds. The van der Waals surface area contributed by atoms with Crippen molar-refractivity contribution in [3.8, 4) is 11.6 Å². The Labute approximate surface area is 120 Å². The summed E-state index contributed by atoms with van der Waals surface area (Å²) in [7, 11) is 3.22. The van der Waals surface area contributed by atoms with Crippen LogP contribution in [0.15, 0.2) is 34.9 Å². The van der Waals surface area contributed by atoms with Gasteiger partial charge in [0.1, 0.15) is 5.75 Å². The van der Waals surface area contributed by atoms with Crippen LogP contribution in [0.4, 0.5) is 5.95 Å². The maximum Gasteiger partial charge on any atom is 0.226 e. The molecule has 1 aromatic heterocycles. The molecule has 0 radical (unpaired) electrons. The molecule has 0 fully saturated rings. The molecule has 2 rings (SSSR count). The van der Waals surface area contributed by atoms with Gasteiger partial charge in [0, 0.05) is 23.3 Å². The fourth-order valence-electron chi connectivity index (χ4n) is 1.53. The summed E-state index contributed by atoms with van der Waals surface area (Å²) in [4.78, 5) is 8.31. The average molecular weight is 324 g/mol. The minimum absolute atomic E-state index is 0.522. The lowest BCUT2D eigenvalue weighted by Crippen LogP contribution is -2.04. The summed E-state index contributed by atoms with van der Waals surface area (Å²) >= 11 is 3.50. The third-order valence-corrected chi connectivity index (χ3v) is 3.30. The van der Waals surface area contributed by atoms with Gasteiger partial charge in [0.05, 0.1) is 14.2 Å². The topological polar surface area (TPSA) is 56.3 Å². The molecule has 0 saturated carbocycles. The summed E-state index contributed by atoms with van der Waals surface area (Å²) in [6.45, 7) is 0.588. The summed E-state index contributed by atoms with van der Waals surface area (Å²) in [5.74, 6) is 1.86. The van der Waals surface area contributed by atoms with Crippen LogP contribution in [0.25, 0.3) is 0 Å². The second-order valence-corrected chi connectivity index (χ2v) is 4.59. The van der Waals surface area contributed by atoms with Gasteiger partial charge in [-0.3, -0.25) is 0 Å². The number of aromatic nitrogens is 2. The molecule has 0 unspecified atom stereocenters. The van der Waals surface area contributed by atoms with E-state index in [1.165, 1.54) is 0 Å². The van der Waals surface area contributed by atoms with Crippen LogP contribution in [-0.2, 0) is 6.54 Å². The van der Waals surface area contributed by atoms with Crippen molar-refractivity contribution in [1.82, 2.24) is 9.97 Å². The number of ether oxygens (including phenoxy) is 2. The Hall–Kier alpha value is -1.82. The van der Waals surface area contributed by atoms with E-state index in [2.05, 4.69) is 31.2 Å². The number of hydrogen-bond acceptors (Lipinski definition) is 5. The van der Waals surface area contributed by atoms with Crippen molar-refractivity contribution < 1.29 is 9.47 Å². The van der Waals surface area contributed by atoms with Gasteiger partial charge in [-0.25, -0.2) is 4.98 Å². The summed E-state index contributed by atoms with van der Waals surface area (Å²) < 4.78 is 11.2. The van der Waals surface area contributed by atoms with Crippen LogP contribution in [0.2, 0.25) is 0 Å². The van der Waals surface area contributed by atoms with Crippen molar-refractivity contribution in [2.24, 2.45) is 0 Å². The Bertz CT molecular complexity index is 563. The summed E-state index contributed by atoms with van der Waals surface area (Å²) in [6, 6.07) is 7.50. The average Bonchev–Trinajstić information content (AvgIpc) is 2.46. The van der Waals surface area contributed by atoms with Crippen LogP contribution in [0.5, 0.6) is 11.6 Å². The first-order chi connectivity index (χ1) is 9.22. The van der Waals surface area contributed by atoms with Crippen molar-refractivity contribution in [2.45, 2.75) is 6.54 Å². The van der Waals surface area contributed by atoms with Gasteiger partial charge in [-0.1, -0.05) is 15.9 Å². The van der Waals surface area contributed by atoms with Crippen molar-refractivity contribution in [3.63, 3.8) is 0 Å². The highest BCUT2D eigenvalue weighted by Gasteiger charge is 2.04. The largest absolute Gasteiger partial charge is 0.497 e. The van der Waals surface area contributed by atoms with E-state index in [-0.39, 0.29) is 0 Å². The zero-order valence-corrected chi connectivity index (χ0v) is 12.3. The van der Waals surface area contributed by atoms with Gasteiger partial charge in [-0.15, -0.1) is 0 Å². The maximum atomic E-state index is 5.20. The number of methoxy groups -OCH3 is 2. The molecule has 2 aromatic rings. The van der Waals surface area contributed by atoms with E-state index in [0.29, 0.717) is 18.4 Å². The molecular weight excluding hydrogens is 310 g/mol. The number of rotatable bonds is 5. The summed E-state index contributed by atoms with van der Waals surface area (Å²) in [5, 5.41) is 3.14. The van der Waals surface area contributed by atoms with E-state index in [0.717, 1.165) is 15.8 Å². The molecule has 1 aromatic carbocycles. The van der Waals surface area contributed by atoms with Gasteiger partial charge in [-0.05, 0) is 23.8 Å². The third-order valence-electron chi connectivity index (χ3n) is 2.53. The van der Waals surface area contributed by atoms with Crippen molar-refractivity contribution in [1.29, 1.82) is 0 Å². The van der Waals surface area contributed by atoms with Gasteiger partial charge >= 0.3 is 0 Å². The normalized spacial score (nSPS) is 10.1. The second-order valence-electron chi connectivity index (χ2n) is 3.73. The predicted octanol–water partition coefficient (Wildman–Crippen LogP) is 2.87. The Balaban J connectivity index is 2.09. The van der Waals surface area contributed by atoms with Gasteiger partial charge in [0.15, 0.2) is 0 Å². The molecule has 0 aliphatic heterocycles. The number of hydrogen-bond donors (Lipinski definition) is 1. The van der Waals surface area contributed by atoms with Crippen molar-refractivity contribution in [3.05, 3.63) is 40.5 Å². The molecule has 0 aliphatic carbocycles. The monoisotopic (exact) mass is 323 g/mol. The van der Waals surface area contributed by atoms with Crippen molar-refractivity contribution in [2.75, 3.05) is 19.5 Å². The Morgan fingerprint density at radius 1 is 1.21 bits per heavy atom. The lowest BCUT2D eigenvalue weighted by atomic mass is 10.2. The molecule has 0 atom stereocenters. The van der Waals surface area contributed by atoms with E-state index in [4.69, 9.17) is 9.47 Å². The third kappa shape index (κ3) is 3.57. The van der Waals surface area contributed by atoms with Crippen LogP contribution in [0.3, 0.4) is 0 Å². The highest BCUT2D eigenvalue weighted by molar-refractivity contribution is 9.10. The molecule has 19 heavy (non-hydrogen) atoms. The van der Waals surface area contributed by atoms with Crippen LogP contribution in [-0.4, -0.2) is 24.2 Å². The molecule has 100 valence electrons. The van der Waals surface area contributed by atoms with Gasteiger partial charge in [0.25, 0.3) is 0 Å². The molecule has 1 N–H and O–H groups in total. The van der Waals surface area contributed by atoms with E-state index in [1.54, 1.807) is 26.5 Å². The Kier molecular flexibility index (Phi) is 4.57. The van der Waals surface area contributed by atoms with Gasteiger partial charge in [-0.2, -0.15) is 4.98 Å². The number of halogens is 1. The van der Waals surface area contributed by atoms with Gasteiger partial charge < -0.3 is 14.8 Å². The zero-order valence-electron chi connectivity index (χ0n) is 10.7. The first-order valence-corrected chi connectivity index (χ1v) is 6.45. The molecular formula is C13H14BrN3O2. The minimum Gasteiger partial charge on any atom is -0.497 e.